The van der Waals surface area contributed by atoms with Crippen molar-refractivity contribution >= 4 is 17.6 Å². The Morgan fingerprint density at radius 1 is 0.933 bits per heavy atom. The van der Waals surface area contributed by atoms with Crippen molar-refractivity contribution in [1.82, 2.24) is 0 Å². The molecule has 4 rings (SSSR count). The third-order valence-electron chi connectivity index (χ3n) is 5.21. The van der Waals surface area contributed by atoms with E-state index < -0.39 is 43.1 Å². The fraction of sp³-hybridized carbons (Fsp3) is 0.286. The van der Waals surface area contributed by atoms with Crippen LogP contribution in [-0.4, -0.2) is 67.6 Å². The molecule has 0 spiro atoms. The van der Waals surface area contributed by atoms with E-state index in [-0.39, 0.29) is 33.9 Å². The maximum Gasteiger partial charge on any atom is 0.344 e. The average Bonchev–Trinajstić information content (AvgIpc) is 3.02. The van der Waals surface area contributed by atoms with Crippen molar-refractivity contribution in [3.05, 3.63) is 53.1 Å². The van der Waals surface area contributed by atoms with E-state index in [9.17, 15) is 35.4 Å². The summed E-state index contributed by atoms with van der Waals surface area (Å²) in [5, 5.41) is 59.7. The predicted octanol–water partition coefficient (Wildman–Crippen LogP) is 0.0723. The number of rotatable bonds is 3. The van der Waals surface area contributed by atoms with Crippen LogP contribution in [0.2, 0.25) is 0 Å². The van der Waals surface area contributed by atoms with Crippen molar-refractivity contribution < 1.29 is 44.9 Å². The second-order valence-corrected chi connectivity index (χ2v) is 7.20. The number of phenols is 2. The summed E-state index contributed by atoms with van der Waals surface area (Å²) < 4.78 is 10.8. The summed E-state index contributed by atoms with van der Waals surface area (Å²) in [6, 6.07) is 8.56. The van der Waals surface area contributed by atoms with E-state index >= 15 is 0 Å². The van der Waals surface area contributed by atoms with Gasteiger partial charge >= 0.3 is 5.97 Å². The number of fused-ring (bicyclic) bond motifs is 1. The van der Waals surface area contributed by atoms with Gasteiger partial charge in [0.1, 0.15) is 47.8 Å². The minimum absolute atomic E-state index is 0.0389. The number of phenolic OH excluding ortho intramolecular Hbond substituents is 2. The van der Waals surface area contributed by atoms with Crippen LogP contribution < -0.4 is 4.74 Å². The minimum Gasteiger partial charge on any atom is -0.508 e. The number of ether oxygens (including phenoxy) is 2. The summed E-state index contributed by atoms with van der Waals surface area (Å²) >= 11 is 0. The molecule has 158 valence electrons. The monoisotopic (exact) mass is 416 g/mol. The Bertz CT molecular complexity index is 996. The van der Waals surface area contributed by atoms with Crippen LogP contribution in [0.4, 0.5) is 0 Å². The summed E-state index contributed by atoms with van der Waals surface area (Å²) in [6.45, 7) is -0.617. The SMILES string of the molecule is O=C1Oc2cc(O)cc(C3O[C@H](CO)[C@@H](O)[C@H](O)[C@H]3O)c2C1=Cc1ccc(O)cc1. The first kappa shape index (κ1) is 20.3. The molecule has 30 heavy (non-hydrogen) atoms. The molecule has 2 aliphatic heterocycles. The van der Waals surface area contributed by atoms with Crippen molar-refractivity contribution in [2.45, 2.75) is 30.5 Å². The van der Waals surface area contributed by atoms with Gasteiger partial charge in [-0.25, -0.2) is 4.79 Å². The van der Waals surface area contributed by atoms with Crippen molar-refractivity contribution in [2.24, 2.45) is 0 Å². The lowest BCUT2D eigenvalue weighted by Gasteiger charge is -2.40. The zero-order valence-electron chi connectivity index (χ0n) is 15.5. The number of benzene rings is 2. The zero-order chi connectivity index (χ0) is 21.6. The van der Waals surface area contributed by atoms with Gasteiger partial charge in [0.05, 0.1) is 12.2 Å². The highest BCUT2D eigenvalue weighted by Crippen LogP contribution is 2.46. The number of aromatic hydroxyl groups is 2. The fourth-order valence-corrected chi connectivity index (χ4v) is 3.70. The molecule has 9 heteroatoms. The van der Waals surface area contributed by atoms with Crippen LogP contribution in [-0.2, 0) is 9.53 Å². The van der Waals surface area contributed by atoms with Crippen LogP contribution in [0.1, 0.15) is 22.8 Å². The van der Waals surface area contributed by atoms with Crippen molar-refractivity contribution in [1.29, 1.82) is 0 Å². The molecule has 2 aliphatic rings. The summed E-state index contributed by atoms with van der Waals surface area (Å²) in [6.07, 6.45) is -5.68. The van der Waals surface area contributed by atoms with E-state index in [1.54, 1.807) is 12.1 Å². The van der Waals surface area contributed by atoms with Crippen LogP contribution in [0.15, 0.2) is 36.4 Å². The van der Waals surface area contributed by atoms with Crippen molar-refractivity contribution in [3.63, 3.8) is 0 Å². The Kier molecular flexibility index (Phi) is 5.22. The van der Waals surface area contributed by atoms with Crippen molar-refractivity contribution in [3.8, 4) is 17.2 Å². The van der Waals surface area contributed by atoms with E-state index in [4.69, 9.17) is 9.47 Å². The van der Waals surface area contributed by atoms with Crippen LogP contribution in [0.5, 0.6) is 17.2 Å². The van der Waals surface area contributed by atoms with Gasteiger partial charge in [-0.2, -0.15) is 0 Å². The van der Waals surface area contributed by atoms with Gasteiger partial charge in [-0.15, -0.1) is 0 Å². The van der Waals surface area contributed by atoms with E-state index in [1.165, 1.54) is 30.3 Å². The second-order valence-electron chi connectivity index (χ2n) is 7.20. The largest absolute Gasteiger partial charge is 0.508 e. The summed E-state index contributed by atoms with van der Waals surface area (Å²) in [4.78, 5) is 12.5. The van der Waals surface area contributed by atoms with Gasteiger partial charge in [0.2, 0.25) is 0 Å². The highest BCUT2D eigenvalue weighted by Gasteiger charge is 2.46. The third-order valence-corrected chi connectivity index (χ3v) is 5.21. The molecule has 2 heterocycles. The third kappa shape index (κ3) is 3.42. The van der Waals surface area contributed by atoms with Gasteiger partial charge in [-0.05, 0) is 35.4 Å². The molecule has 9 nitrogen and oxygen atoms in total. The van der Waals surface area contributed by atoms with Crippen LogP contribution in [0, 0.1) is 0 Å². The molecule has 1 unspecified atom stereocenters. The highest BCUT2D eigenvalue weighted by atomic mass is 16.6. The Labute approximate surface area is 170 Å². The average molecular weight is 416 g/mol. The molecule has 6 N–H and O–H groups in total. The second kappa shape index (κ2) is 7.71. The Morgan fingerprint density at radius 3 is 2.30 bits per heavy atom. The molecule has 5 atom stereocenters. The number of carbonyl (C=O) groups is 1. The Morgan fingerprint density at radius 2 is 1.63 bits per heavy atom. The van der Waals surface area contributed by atoms with Gasteiger partial charge < -0.3 is 40.1 Å². The first-order valence-corrected chi connectivity index (χ1v) is 9.21. The molecule has 0 amide bonds. The van der Waals surface area contributed by atoms with Gasteiger partial charge in [0.15, 0.2) is 0 Å². The Hall–Kier alpha value is -2.95. The first-order chi connectivity index (χ1) is 14.3. The maximum atomic E-state index is 12.5. The van der Waals surface area contributed by atoms with Gasteiger partial charge in [0.25, 0.3) is 0 Å². The molecule has 0 radical (unpaired) electrons. The summed E-state index contributed by atoms with van der Waals surface area (Å²) in [7, 11) is 0. The number of esters is 1. The number of carbonyl (C=O) groups excluding carboxylic acids is 1. The molecular formula is C21H20O9. The smallest absolute Gasteiger partial charge is 0.344 e. The van der Waals surface area contributed by atoms with Crippen LogP contribution in [0.25, 0.3) is 11.6 Å². The first-order valence-electron chi connectivity index (χ1n) is 9.21. The Balaban J connectivity index is 1.83. The molecule has 0 bridgehead atoms. The number of hydrogen-bond donors (Lipinski definition) is 6. The quantitative estimate of drug-likeness (QED) is 0.231. The topological polar surface area (TPSA) is 157 Å². The standard InChI is InChI=1S/C21H20O9/c22-8-15-17(25)18(26)19(27)20(29-15)12-6-11(24)7-14-16(12)13(21(28)30-14)5-9-1-3-10(23)4-2-9/h1-7,15,17-20,22-27H,8H2/t15-,17-,18+,19-,20?/m1/s1. The van der Waals surface area contributed by atoms with Gasteiger partial charge in [-0.1, -0.05) is 12.1 Å². The fourth-order valence-electron chi connectivity index (χ4n) is 3.70. The molecule has 1 fully saturated rings. The predicted molar refractivity (Wildman–Crippen MR) is 102 cm³/mol. The number of hydrogen-bond acceptors (Lipinski definition) is 9. The summed E-state index contributed by atoms with van der Waals surface area (Å²) in [5.41, 5.74) is 1.09. The normalized spacial score (nSPS) is 29.7. The molecular weight excluding hydrogens is 396 g/mol. The van der Waals surface area contributed by atoms with Crippen molar-refractivity contribution in [2.75, 3.05) is 6.61 Å². The van der Waals surface area contributed by atoms with Crippen LogP contribution in [0.3, 0.4) is 0 Å². The molecule has 0 aromatic heterocycles. The van der Waals surface area contributed by atoms with Crippen LogP contribution >= 0.6 is 0 Å². The zero-order valence-corrected chi connectivity index (χ0v) is 15.5. The molecule has 1 saturated heterocycles. The lowest BCUT2D eigenvalue weighted by molar-refractivity contribution is -0.231. The number of aliphatic hydroxyl groups is 4. The van der Waals surface area contributed by atoms with E-state index in [2.05, 4.69) is 0 Å². The summed E-state index contributed by atoms with van der Waals surface area (Å²) in [5.74, 6) is -0.871. The highest BCUT2D eigenvalue weighted by molar-refractivity contribution is 6.26. The van der Waals surface area contributed by atoms with E-state index in [1.807, 2.05) is 0 Å². The lowest BCUT2D eigenvalue weighted by atomic mass is 9.87. The molecule has 0 saturated carbocycles. The van der Waals surface area contributed by atoms with E-state index in [0.29, 0.717) is 5.56 Å². The lowest BCUT2D eigenvalue weighted by Crippen LogP contribution is -2.55. The molecule has 2 aromatic rings. The maximum absolute atomic E-state index is 12.5. The minimum atomic E-state index is -1.62. The van der Waals surface area contributed by atoms with Gasteiger partial charge in [0, 0.05) is 11.6 Å². The van der Waals surface area contributed by atoms with E-state index in [0.717, 1.165) is 0 Å². The number of aliphatic hydroxyl groups excluding tert-OH is 4. The molecule has 0 aliphatic carbocycles. The molecule has 2 aromatic carbocycles. The van der Waals surface area contributed by atoms with Gasteiger partial charge in [-0.3, -0.25) is 0 Å².